The molecule has 0 N–H and O–H groups in total. The minimum absolute atomic E-state index is 0.844. The molecule has 1 heteroatoms. The van der Waals surface area contributed by atoms with Crippen LogP contribution in [0.15, 0.2) is 0 Å². The van der Waals surface area contributed by atoms with E-state index in [-0.39, 0.29) is 0 Å². The summed E-state index contributed by atoms with van der Waals surface area (Å²) >= 11 is 0. The largest absolute Gasteiger partial charge is 0.382 e. The second-order valence-corrected chi connectivity index (χ2v) is 3.49. The zero-order valence-corrected chi connectivity index (χ0v) is 12.1. The second kappa shape index (κ2) is 29.2. The van der Waals surface area contributed by atoms with Crippen LogP contribution in [-0.4, -0.2) is 13.2 Å². The lowest BCUT2D eigenvalue weighted by Crippen LogP contribution is -1.84. The standard InChI is InChI=1S/2C5H12.C4H10O/c3*1-3-5-4-2/h2*3-5H2,1-2H3;3-4H2,1-2H3. The summed E-state index contributed by atoms with van der Waals surface area (Å²) in [5, 5.41) is 0. The summed E-state index contributed by atoms with van der Waals surface area (Å²) < 4.78 is 4.83. The molecule has 0 saturated carbocycles. The highest BCUT2D eigenvalue weighted by molar-refractivity contribution is 4.24. The molecule has 0 bridgehead atoms. The molecule has 0 amide bonds. The molecule has 0 spiro atoms. The fourth-order valence-corrected chi connectivity index (χ4v) is 0.911. The van der Waals surface area contributed by atoms with E-state index < -0.39 is 0 Å². The Morgan fingerprint density at radius 1 is 0.533 bits per heavy atom. The first-order valence-electron chi connectivity index (χ1n) is 6.82. The second-order valence-electron chi connectivity index (χ2n) is 3.49. The Hall–Kier alpha value is -0.0400. The molecule has 0 aromatic heterocycles. The lowest BCUT2D eigenvalue weighted by atomic mass is 10.3. The zero-order valence-electron chi connectivity index (χ0n) is 12.1. The van der Waals surface area contributed by atoms with E-state index in [0.717, 1.165) is 13.2 Å². The van der Waals surface area contributed by atoms with Gasteiger partial charge < -0.3 is 4.74 Å². The molecule has 0 radical (unpaired) electrons. The van der Waals surface area contributed by atoms with E-state index in [1.54, 1.807) is 0 Å². The lowest BCUT2D eigenvalue weighted by molar-refractivity contribution is 0.162. The van der Waals surface area contributed by atoms with Gasteiger partial charge in [0, 0.05) is 13.2 Å². The first-order chi connectivity index (χ1) is 7.24. The smallest absolute Gasteiger partial charge is 0.0437 e. The average molecular weight is 218 g/mol. The molecule has 0 aliphatic rings. The highest BCUT2D eigenvalue weighted by atomic mass is 16.5. The minimum Gasteiger partial charge on any atom is -0.382 e. The third-order valence-electron chi connectivity index (χ3n) is 1.82. The first kappa shape index (κ1) is 20.4. The molecule has 96 valence electrons. The van der Waals surface area contributed by atoms with E-state index >= 15 is 0 Å². The summed E-state index contributed by atoms with van der Waals surface area (Å²) in [6, 6.07) is 0. The number of rotatable bonds is 6. The van der Waals surface area contributed by atoms with Gasteiger partial charge in [0.25, 0.3) is 0 Å². The maximum atomic E-state index is 4.83. The van der Waals surface area contributed by atoms with Crippen molar-refractivity contribution in [2.75, 3.05) is 13.2 Å². The van der Waals surface area contributed by atoms with E-state index in [9.17, 15) is 0 Å². The van der Waals surface area contributed by atoms with Crippen molar-refractivity contribution in [1.82, 2.24) is 0 Å². The molecule has 15 heavy (non-hydrogen) atoms. The van der Waals surface area contributed by atoms with Crippen LogP contribution in [0.2, 0.25) is 0 Å². The SMILES string of the molecule is CCCCC.CCCCC.CCOCC. The highest BCUT2D eigenvalue weighted by Gasteiger charge is 1.68. The van der Waals surface area contributed by atoms with Crippen molar-refractivity contribution < 1.29 is 4.74 Å². The number of hydrogen-bond acceptors (Lipinski definition) is 1. The molecule has 0 atom stereocenters. The van der Waals surface area contributed by atoms with Crippen LogP contribution in [0.4, 0.5) is 0 Å². The quantitative estimate of drug-likeness (QED) is 0.577. The van der Waals surface area contributed by atoms with Crippen molar-refractivity contribution >= 4 is 0 Å². The number of ether oxygens (including phenoxy) is 1. The Morgan fingerprint density at radius 2 is 0.800 bits per heavy atom. The van der Waals surface area contributed by atoms with Gasteiger partial charge in [-0.05, 0) is 13.8 Å². The maximum absolute atomic E-state index is 4.83. The molecule has 0 saturated heterocycles. The fraction of sp³-hybridized carbons (Fsp3) is 1.00. The van der Waals surface area contributed by atoms with Gasteiger partial charge in [-0.3, -0.25) is 0 Å². The fourth-order valence-electron chi connectivity index (χ4n) is 0.911. The molecule has 0 aliphatic carbocycles. The van der Waals surface area contributed by atoms with Gasteiger partial charge in [-0.2, -0.15) is 0 Å². The van der Waals surface area contributed by atoms with Crippen LogP contribution in [0.5, 0.6) is 0 Å². The highest BCUT2D eigenvalue weighted by Crippen LogP contribution is 1.88. The van der Waals surface area contributed by atoms with Gasteiger partial charge in [-0.1, -0.05) is 66.2 Å². The normalized spacial score (nSPS) is 8.40. The van der Waals surface area contributed by atoms with E-state index in [1.807, 2.05) is 13.8 Å². The van der Waals surface area contributed by atoms with Crippen LogP contribution in [0.1, 0.15) is 80.1 Å². The van der Waals surface area contributed by atoms with Crippen LogP contribution >= 0.6 is 0 Å². The maximum Gasteiger partial charge on any atom is 0.0437 e. The molecule has 1 nitrogen and oxygen atoms in total. The third-order valence-corrected chi connectivity index (χ3v) is 1.82. The molecular weight excluding hydrogens is 184 g/mol. The predicted octanol–water partition coefficient (Wildman–Crippen LogP) is 5.44. The van der Waals surface area contributed by atoms with Crippen molar-refractivity contribution in [2.24, 2.45) is 0 Å². The third kappa shape index (κ3) is 56.2. The van der Waals surface area contributed by atoms with Crippen LogP contribution in [-0.2, 0) is 4.74 Å². The first-order valence-corrected chi connectivity index (χ1v) is 6.82. The zero-order chi connectivity index (χ0) is 12.4. The minimum atomic E-state index is 0.844. The van der Waals surface area contributed by atoms with E-state index in [2.05, 4.69) is 27.7 Å². The molecule has 0 aromatic rings. The van der Waals surface area contributed by atoms with Crippen LogP contribution in [0, 0.1) is 0 Å². The van der Waals surface area contributed by atoms with Gasteiger partial charge in [0.2, 0.25) is 0 Å². The van der Waals surface area contributed by atoms with Gasteiger partial charge in [-0.25, -0.2) is 0 Å². The summed E-state index contributed by atoms with van der Waals surface area (Å²) in [4.78, 5) is 0. The predicted molar refractivity (Wildman–Crippen MR) is 72.6 cm³/mol. The molecule has 0 rings (SSSR count). The van der Waals surface area contributed by atoms with E-state index in [4.69, 9.17) is 4.74 Å². The van der Waals surface area contributed by atoms with Gasteiger partial charge in [-0.15, -0.1) is 0 Å². The monoisotopic (exact) mass is 218 g/mol. The Kier molecular flexibility index (Phi) is 39.7. The van der Waals surface area contributed by atoms with E-state index in [1.165, 1.54) is 38.5 Å². The van der Waals surface area contributed by atoms with Gasteiger partial charge in [0.1, 0.15) is 0 Å². The Bertz CT molecular complexity index is 42.1. The topological polar surface area (TPSA) is 9.23 Å². The molecule has 0 unspecified atom stereocenters. The van der Waals surface area contributed by atoms with Crippen molar-refractivity contribution in [3.05, 3.63) is 0 Å². The molecule has 0 fully saturated rings. The van der Waals surface area contributed by atoms with Crippen molar-refractivity contribution in [1.29, 1.82) is 0 Å². The molecular formula is C14H34O. The van der Waals surface area contributed by atoms with Gasteiger partial charge in [0.15, 0.2) is 0 Å². The lowest BCUT2D eigenvalue weighted by Gasteiger charge is -1.86. The summed E-state index contributed by atoms with van der Waals surface area (Å²) in [5.74, 6) is 0. The summed E-state index contributed by atoms with van der Waals surface area (Å²) in [6.45, 7) is 14.5. The van der Waals surface area contributed by atoms with Crippen LogP contribution < -0.4 is 0 Å². The molecule has 0 aliphatic heterocycles. The van der Waals surface area contributed by atoms with Gasteiger partial charge >= 0.3 is 0 Å². The van der Waals surface area contributed by atoms with Gasteiger partial charge in [0.05, 0.1) is 0 Å². The summed E-state index contributed by atoms with van der Waals surface area (Å²) in [7, 11) is 0. The van der Waals surface area contributed by atoms with E-state index in [0.29, 0.717) is 0 Å². The van der Waals surface area contributed by atoms with Crippen LogP contribution in [0.25, 0.3) is 0 Å². The molecule has 0 aromatic carbocycles. The molecule has 0 heterocycles. The van der Waals surface area contributed by atoms with Crippen molar-refractivity contribution in [3.8, 4) is 0 Å². The Labute approximate surface area is 98.6 Å². The Morgan fingerprint density at radius 3 is 0.800 bits per heavy atom. The van der Waals surface area contributed by atoms with Crippen molar-refractivity contribution in [2.45, 2.75) is 80.1 Å². The van der Waals surface area contributed by atoms with Crippen molar-refractivity contribution in [3.63, 3.8) is 0 Å². The number of hydrogen-bond donors (Lipinski definition) is 0. The van der Waals surface area contributed by atoms with Crippen LogP contribution in [0.3, 0.4) is 0 Å². The number of unbranched alkanes of at least 4 members (excludes halogenated alkanes) is 4. The Balaban J connectivity index is -0.000000144. The average Bonchev–Trinajstić information content (AvgIpc) is 2.23. The summed E-state index contributed by atoms with van der Waals surface area (Å²) in [5.41, 5.74) is 0. The summed E-state index contributed by atoms with van der Waals surface area (Å²) in [6.07, 6.45) is 8.15.